The molecule has 0 aliphatic carbocycles. The van der Waals surface area contributed by atoms with Crippen molar-refractivity contribution in [3.05, 3.63) is 11.8 Å². The number of carbonyl (C=O) groups is 2. The number of esters is 1. The van der Waals surface area contributed by atoms with Gasteiger partial charge in [-0.3, -0.25) is 4.79 Å². The summed E-state index contributed by atoms with van der Waals surface area (Å²) in [4.78, 5) is 22.1. The van der Waals surface area contributed by atoms with Crippen molar-refractivity contribution in [2.75, 3.05) is 6.61 Å². The van der Waals surface area contributed by atoms with Crippen LogP contribution in [0, 0.1) is 10.8 Å². The van der Waals surface area contributed by atoms with Gasteiger partial charge in [0.25, 0.3) is 0 Å². The Morgan fingerprint density at radius 2 is 1.76 bits per heavy atom. The zero-order valence-corrected chi connectivity index (χ0v) is 11.6. The van der Waals surface area contributed by atoms with E-state index in [1.807, 2.05) is 13.8 Å². The number of rotatable bonds is 5. The van der Waals surface area contributed by atoms with Gasteiger partial charge in [0.1, 0.15) is 5.70 Å². The first-order valence-corrected chi connectivity index (χ1v) is 5.76. The van der Waals surface area contributed by atoms with Crippen molar-refractivity contribution in [3.63, 3.8) is 0 Å². The highest BCUT2D eigenvalue weighted by Crippen LogP contribution is 2.39. The fraction of sp³-hybridized carbons (Fsp3) is 0.692. The molecule has 0 heterocycles. The number of amides is 1. The molecule has 0 unspecified atom stereocenters. The lowest BCUT2D eigenvalue weighted by molar-refractivity contribution is -0.139. The molecule has 0 spiro atoms. The molecule has 0 fully saturated rings. The van der Waals surface area contributed by atoms with E-state index in [1.54, 1.807) is 13.0 Å². The second kappa shape index (κ2) is 5.84. The van der Waals surface area contributed by atoms with Gasteiger partial charge >= 0.3 is 5.97 Å². The van der Waals surface area contributed by atoms with Gasteiger partial charge in [-0.1, -0.05) is 34.6 Å². The Hall–Kier alpha value is -1.32. The van der Waals surface area contributed by atoms with Gasteiger partial charge in [-0.2, -0.15) is 0 Å². The average Bonchev–Trinajstić information content (AvgIpc) is 2.15. The highest BCUT2D eigenvalue weighted by Gasteiger charge is 2.32. The van der Waals surface area contributed by atoms with E-state index < -0.39 is 5.97 Å². The Kier molecular flexibility index (Phi) is 5.39. The monoisotopic (exact) mass is 241 g/mol. The predicted octanol–water partition coefficient (Wildman–Crippen LogP) is 2.25. The molecule has 0 radical (unpaired) electrons. The molecule has 0 saturated heterocycles. The highest BCUT2D eigenvalue weighted by atomic mass is 16.5. The van der Waals surface area contributed by atoms with Crippen LogP contribution < -0.4 is 5.32 Å². The molecule has 1 N–H and O–H groups in total. The number of carbonyl (C=O) groups excluding carboxylic acids is 2. The third-order valence-electron chi connectivity index (χ3n) is 3.15. The molecule has 4 heteroatoms. The van der Waals surface area contributed by atoms with Crippen molar-refractivity contribution in [3.8, 4) is 0 Å². The number of hydrogen-bond acceptors (Lipinski definition) is 3. The fourth-order valence-corrected chi connectivity index (χ4v) is 1.01. The van der Waals surface area contributed by atoms with Crippen molar-refractivity contribution < 1.29 is 14.3 Å². The molecule has 0 aromatic rings. The molecule has 0 bridgehead atoms. The van der Waals surface area contributed by atoms with Crippen LogP contribution in [0.4, 0.5) is 0 Å². The zero-order chi connectivity index (χ0) is 13.7. The number of hydrogen-bond donors (Lipinski definition) is 1. The van der Waals surface area contributed by atoms with E-state index in [0.29, 0.717) is 6.41 Å². The van der Waals surface area contributed by atoms with E-state index in [4.69, 9.17) is 4.74 Å². The SMILES string of the molecule is CCOC(=O)/C(=C/C(C)(C)C(C)(C)C)NC=O. The lowest BCUT2D eigenvalue weighted by Gasteiger charge is -2.36. The fourth-order valence-electron chi connectivity index (χ4n) is 1.01. The van der Waals surface area contributed by atoms with Crippen LogP contribution in [0.15, 0.2) is 11.8 Å². The van der Waals surface area contributed by atoms with E-state index in [1.165, 1.54) is 0 Å². The molecule has 4 nitrogen and oxygen atoms in total. The highest BCUT2D eigenvalue weighted by molar-refractivity contribution is 5.90. The Bertz CT molecular complexity index is 311. The van der Waals surface area contributed by atoms with E-state index in [2.05, 4.69) is 26.1 Å². The summed E-state index contributed by atoms with van der Waals surface area (Å²) >= 11 is 0. The molecule has 0 aliphatic heterocycles. The summed E-state index contributed by atoms with van der Waals surface area (Å²) in [5.41, 5.74) is -0.0813. The van der Waals surface area contributed by atoms with Gasteiger partial charge in [-0.15, -0.1) is 0 Å². The molecule has 17 heavy (non-hydrogen) atoms. The Morgan fingerprint density at radius 3 is 2.12 bits per heavy atom. The molecule has 0 aliphatic rings. The number of ether oxygens (including phenoxy) is 1. The van der Waals surface area contributed by atoms with Gasteiger partial charge in [0.15, 0.2) is 0 Å². The van der Waals surface area contributed by atoms with Gasteiger partial charge in [0, 0.05) is 0 Å². The van der Waals surface area contributed by atoms with E-state index in [-0.39, 0.29) is 23.1 Å². The molecular weight excluding hydrogens is 218 g/mol. The van der Waals surface area contributed by atoms with Crippen LogP contribution in [0.1, 0.15) is 41.5 Å². The minimum Gasteiger partial charge on any atom is -0.461 e. The minimum atomic E-state index is -0.503. The summed E-state index contributed by atoms with van der Waals surface area (Å²) in [6, 6.07) is 0. The maximum atomic E-state index is 11.6. The third kappa shape index (κ3) is 4.59. The van der Waals surface area contributed by atoms with Crippen LogP contribution >= 0.6 is 0 Å². The van der Waals surface area contributed by atoms with Gasteiger partial charge < -0.3 is 10.1 Å². The lowest BCUT2D eigenvalue weighted by Crippen LogP contribution is -2.31. The van der Waals surface area contributed by atoms with Crippen LogP contribution in [-0.2, 0) is 14.3 Å². The Labute approximate surface area is 103 Å². The molecule has 0 atom stereocenters. The van der Waals surface area contributed by atoms with Crippen molar-refractivity contribution >= 4 is 12.4 Å². The molecule has 0 rings (SSSR count). The normalized spacial score (nSPS) is 13.2. The molecule has 98 valence electrons. The zero-order valence-electron chi connectivity index (χ0n) is 11.6. The first kappa shape index (κ1) is 15.7. The summed E-state index contributed by atoms with van der Waals surface area (Å²) in [5.74, 6) is -0.503. The van der Waals surface area contributed by atoms with Crippen molar-refractivity contribution in [2.45, 2.75) is 41.5 Å². The quantitative estimate of drug-likeness (QED) is 0.456. The standard InChI is InChI=1S/C13H23NO3/c1-7-17-11(16)10(14-9-15)8-13(5,6)12(2,3)4/h8-9H,7H2,1-6H3,(H,14,15)/b10-8-. The van der Waals surface area contributed by atoms with Crippen LogP contribution in [0.25, 0.3) is 0 Å². The number of nitrogens with one attached hydrogen (secondary N) is 1. The summed E-state index contributed by atoms with van der Waals surface area (Å²) < 4.78 is 4.89. The molecule has 1 amide bonds. The molecule has 0 aromatic carbocycles. The van der Waals surface area contributed by atoms with Crippen LogP contribution in [0.2, 0.25) is 0 Å². The lowest BCUT2D eigenvalue weighted by atomic mass is 9.69. The van der Waals surface area contributed by atoms with Crippen molar-refractivity contribution in [2.24, 2.45) is 10.8 Å². The third-order valence-corrected chi connectivity index (χ3v) is 3.15. The van der Waals surface area contributed by atoms with Crippen molar-refractivity contribution in [1.82, 2.24) is 5.32 Å². The first-order chi connectivity index (χ1) is 7.65. The van der Waals surface area contributed by atoms with E-state index in [9.17, 15) is 9.59 Å². The van der Waals surface area contributed by atoms with Gasteiger partial charge in [-0.05, 0) is 23.8 Å². The second-order valence-electron chi connectivity index (χ2n) is 5.51. The van der Waals surface area contributed by atoms with E-state index in [0.717, 1.165) is 0 Å². The Morgan fingerprint density at radius 1 is 1.24 bits per heavy atom. The smallest absolute Gasteiger partial charge is 0.354 e. The average molecular weight is 241 g/mol. The van der Waals surface area contributed by atoms with Gasteiger partial charge in [-0.25, -0.2) is 4.79 Å². The summed E-state index contributed by atoms with van der Waals surface area (Å²) in [7, 11) is 0. The molecule has 0 saturated carbocycles. The summed E-state index contributed by atoms with van der Waals surface area (Å²) in [6.07, 6.45) is 2.24. The van der Waals surface area contributed by atoms with Crippen LogP contribution in [0.5, 0.6) is 0 Å². The largest absolute Gasteiger partial charge is 0.461 e. The minimum absolute atomic E-state index is 0.0324. The topological polar surface area (TPSA) is 55.4 Å². The summed E-state index contributed by atoms with van der Waals surface area (Å²) in [5, 5.41) is 2.40. The first-order valence-electron chi connectivity index (χ1n) is 5.76. The molecular formula is C13H23NO3. The van der Waals surface area contributed by atoms with Crippen molar-refractivity contribution in [1.29, 1.82) is 0 Å². The summed E-state index contributed by atoms with van der Waals surface area (Å²) in [6.45, 7) is 12.3. The van der Waals surface area contributed by atoms with E-state index >= 15 is 0 Å². The second-order valence-corrected chi connectivity index (χ2v) is 5.51. The number of allylic oxidation sites excluding steroid dienone is 1. The van der Waals surface area contributed by atoms with Gasteiger partial charge in [0.2, 0.25) is 6.41 Å². The van der Waals surface area contributed by atoms with Crippen LogP contribution in [-0.4, -0.2) is 19.0 Å². The van der Waals surface area contributed by atoms with Crippen LogP contribution in [0.3, 0.4) is 0 Å². The molecule has 0 aromatic heterocycles. The maximum absolute atomic E-state index is 11.6. The maximum Gasteiger partial charge on any atom is 0.354 e. The Balaban J connectivity index is 5.18. The predicted molar refractivity (Wildman–Crippen MR) is 67.2 cm³/mol. The van der Waals surface area contributed by atoms with Gasteiger partial charge in [0.05, 0.1) is 6.61 Å².